The molecule has 0 aliphatic heterocycles. The fraction of sp³-hybridized carbons (Fsp3) is 0.423. The summed E-state index contributed by atoms with van der Waals surface area (Å²) in [6.45, 7) is 6.30. The summed E-state index contributed by atoms with van der Waals surface area (Å²) in [6, 6.07) is 11.9. The second kappa shape index (κ2) is 14.9. The van der Waals surface area contributed by atoms with Gasteiger partial charge >= 0.3 is 5.97 Å². The Kier molecular flexibility index (Phi) is 11.7. The summed E-state index contributed by atoms with van der Waals surface area (Å²) in [5, 5.41) is 0. The van der Waals surface area contributed by atoms with Gasteiger partial charge < -0.3 is 18.9 Å². The minimum atomic E-state index is -0.449. The molecular formula is C26H33FO5. The summed E-state index contributed by atoms with van der Waals surface area (Å²) < 4.78 is 35.7. The Balaban J connectivity index is 1.66. The minimum absolute atomic E-state index is 0.0479. The van der Waals surface area contributed by atoms with Gasteiger partial charge in [0.25, 0.3) is 0 Å². The molecule has 0 bridgehead atoms. The van der Waals surface area contributed by atoms with Crippen molar-refractivity contribution in [1.82, 2.24) is 0 Å². The molecule has 5 nitrogen and oxygen atoms in total. The number of carbonyl (C=O) groups excluding carboxylic acids is 1. The van der Waals surface area contributed by atoms with E-state index in [0.29, 0.717) is 31.1 Å². The molecule has 0 amide bonds. The molecule has 2 rings (SSSR count). The maximum absolute atomic E-state index is 14.2. The molecule has 6 heteroatoms. The van der Waals surface area contributed by atoms with Crippen molar-refractivity contribution in [2.24, 2.45) is 0 Å². The van der Waals surface area contributed by atoms with Gasteiger partial charge in [-0.1, -0.05) is 57.7 Å². The van der Waals surface area contributed by atoms with E-state index in [-0.39, 0.29) is 12.5 Å². The van der Waals surface area contributed by atoms with Gasteiger partial charge in [-0.05, 0) is 36.2 Å². The predicted octanol–water partition coefficient (Wildman–Crippen LogP) is 6.25. The highest BCUT2D eigenvalue weighted by Crippen LogP contribution is 2.23. The van der Waals surface area contributed by atoms with Crippen LogP contribution in [0.2, 0.25) is 0 Å². The largest absolute Gasteiger partial charge is 0.491 e. The van der Waals surface area contributed by atoms with E-state index < -0.39 is 11.8 Å². The van der Waals surface area contributed by atoms with Crippen molar-refractivity contribution in [1.29, 1.82) is 0 Å². The van der Waals surface area contributed by atoms with E-state index in [0.717, 1.165) is 24.5 Å². The van der Waals surface area contributed by atoms with Crippen molar-refractivity contribution >= 4 is 5.97 Å². The van der Waals surface area contributed by atoms with Crippen molar-refractivity contribution in [3.8, 4) is 17.2 Å². The number of halogens is 1. The van der Waals surface area contributed by atoms with Crippen molar-refractivity contribution in [2.75, 3.05) is 20.0 Å². The summed E-state index contributed by atoms with van der Waals surface area (Å²) in [7, 11) is 0. The molecule has 0 aliphatic carbocycles. The number of unbranched alkanes of at least 4 members (excludes halogenated alkanes) is 5. The molecule has 2 aromatic rings. The summed E-state index contributed by atoms with van der Waals surface area (Å²) in [5.74, 6) is 0.346. The molecule has 174 valence electrons. The van der Waals surface area contributed by atoms with E-state index >= 15 is 0 Å². The van der Waals surface area contributed by atoms with Gasteiger partial charge in [0.05, 0.1) is 13.2 Å². The lowest BCUT2D eigenvalue weighted by Gasteiger charge is -2.11. The smallest absolute Gasteiger partial charge is 0.330 e. The molecule has 0 heterocycles. The average Bonchev–Trinajstić information content (AvgIpc) is 2.80. The van der Waals surface area contributed by atoms with E-state index in [1.54, 1.807) is 24.3 Å². The molecule has 32 heavy (non-hydrogen) atoms. The van der Waals surface area contributed by atoms with Gasteiger partial charge in [0.1, 0.15) is 11.5 Å². The van der Waals surface area contributed by atoms with Crippen LogP contribution in [0.4, 0.5) is 4.39 Å². The van der Waals surface area contributed by atoms with Crippen LogP contribution in [0.5, 0.6) is 17.2 Å². The van der Waals surface area contributed by atoms with Gasteiger partial charge in [-0.2, -0.15) is 0 Å². The zero-order valence-electron chi connectivity index (χ0n) is 18.8. The molecule has 0 unspecified atom stereocenters. The van der Waals surface area contributed by atoms with Crippen LogP contribution in [0.15, 0.2) is 55.1 Å². The summed E-state index contributed by atoms with van der Waals surface area (Å²) >= 11 is 0. The lowest BCUT2D eigenvalue weighted by molar-refractivity contribution is -0.137. The topological polar surface area (TPSA) is 54.0 Å². The maximum Gasteiger partial charge on any atom is 0.330 e. The Bertz CT molecular complexity index is 819. The molecule has 2 aromatic carbocycles. The average molecular weight is 445 g/mol. The Morgan fingerprint density at radius 3 is 2.31 bits per heavy atom. The molecule has 0 spiro atoms. The van der Waals surface area contributed by atoms with Gasteiger partial charge in [-0.15, -0.1) is 0 Å². The van der Waals surface area contributed by atoms with Crippen LogP contribution in [0.3, 0.4) is 0 Å². The van der Waals surface area contributed by atoms with Gasteiger partial charge in [-0.3, -0.25) is 0 Å². The Hall–Kier alpha value is -3.02. The first-order chi connectivity index (χ1) is 15.6. The molecule has 0 saturated heterocycles. The first kappa shape index (κ1) is 25.2. The molecule has 0 aromatic heterocycles. The molecule has 0 atom stereocenters. The van der Waals surface area contributed by atoms with Crippen molar-refractivity contribution in [2.45, 2.75) is 51.9 Å². The summed E-state index contributed by atoms with van der Waals surface area (Å²) in [4.78, 5) is 11.0. The van der Waals surface area contributed by atoms with E-state index in [9.17, 15) is 9.18 Å². The van der Waals surface area contributed by atoms with Crippen LogP contribution in [0.1, 0.15) is 51.0 Å². The Labute approximate surface area is 190 Å². The highest BCUT2D eigenvalue weighted by molar-refractivity contribution is 5.81. The monoisotopic (exact) mass is 444 g/mol. The predicted molar refractivity (Wildman–Crippen MR) is 123 cm³/mol. The van der Waals surface area contributed by atoms with Crippen LogP contribution < -0.4 is 14.2 Å². The lowest BCUT2D eigenvalue weighted by atomic mass is 10.1. The fourth-order valence-corrected chi connectivity index (χ4v) is 3.00. The number of esters is 1. The van der Waals surface area contributed by atoms with Crippen molar-refractivity contribution < 1.29 is 28.1 Å². The van der Waals surface area contributed by atoms with Crippen molar-refractivity contribution in [3.05, 3.63) is 66.5 Å². The lowest BCUT2D eigenvalue weighted by Crippen LogP contribution is -2.07. The van der Waals surface area contributed by atoms with Crippen LogP contribution in [-0.4, -0.2) is 26.0 Å². The number of hydrogen-bond donors (Lipinski definition) is 0. The van der Waals surface area contributed by atoms with Crippen LogP contribution in [0.25, 0.3) is 0 Å². The summed E-state index contributed by atoms with van der Waals surface area (Å²) in [5.41, 5.74) is 1.01. The fourth-order valence-electron chi connectivity index (χ4n) is 3.00. The zero-order valence-corrected chi connectivity index (χ0v) is 18.8. The van der Waals surface area contributed by atoms with Gasteiger partial charge in [0, 0.05) is 18.6 Å². The second-order valence-corrected chi connectivity index (χ2v) is 7.38. The second-order valence-electron chi connectivity index (χ2n) is 7.38. The third-order valence-corrected chi connectivity index (χ3v) is 4.84. The maximum atomic E-state index is 14.2. The van der Waals surface area contributed by atoms with Gasteiger partial charge in [0.15, 0.2) is 11.6 Å². The van der Waals surface area contributed by atoms with Crippen LogP contribution >= 0.6 is 0 Å². The SMILES string of the molecule is C=CC(=O)OCCc1ccc(OCOc2ccc(OCCCCCCCC)c(F)c2)cc1. The molecule has 0 fully saturated rings. The Morgan fingerprint density at radius 1 is 0.906 bits per heavy atom. The van der Waals surface area contributed by atoms with Crippen molar-refractivity contribution in [3.63, 3.8) is 0 Å². The zero-order chi connectivity index (χ0) is 23.0. The number of rotatable bonds is 16. The van der Waals surface area contributed by atoms with Gasteiger partial charge in [0.2, 0.25) is 6.79 Å². The number of carbonyl (C=O) groups is 1. The molecule has 0 N–H and O–H groups in total. The quantitative estimate of drug-likeness (QED) is 0.133. The minimum Gasteiger partial charge on any atom is -0.491 e. The normalized spacial score (nSPS) is 10.4. The molecule has 0 aliphatic rings. The van der Waals surface area contributed by atoms with E-state index in [1.807, 2.05) is 12.1 Å². The molecule has 0 saturated carbocycles. The third-order valence-electron chi connectivity index (χ3n) is 4.84. The highest BCUT2D eigenvalue weighted by Gasteiger charge is 2.06. The van der Waals surface area contributed by atoms with E-state index in [2.05, 4.69) is 13.5 Å². The van der Waals surface area contributed by atoms with Crippen LogP contribution in [0, 0.1) is 5.82 Å². The third kappa shape index (κ3) is 9.86. The highest BCUT2D eigenvalue weighted by atomic mass is 19.1. The van der Waals surface area contributed by atoms with Gasteiger partial charge in [-0.25, -0.2) is 9.18 Å². The summed E-state index contributed by atoms with van der Waals surface area (Å²) in [6.07, 6.45) is 8.70. The molecular weight excluding hydrogens is 411 g/mol. The van der Waals surface area contributed by atoms with Crippen LogP contribution in [-0.2, 0) is 16.0 Å². The number of ether oxygens (including phenoxy) is 4. The standard InChI is InChI=1S/C26H33FO5/c1-3-5-6-7-8-9-17-29-25-15-14-23(19-24(25)27)32-20-31-22-12-10-21(11-13-22)16-18-30-26(28)4-2/h4,10-15,19H,2-3,5-9,16-18,20H2,1H3. The number of benzene rings is 2. The number of hydrogen-bond acceptors (Lipinski definition) is 5. The Morgan fingerprint density at radius 2 is 1.59 bits per heavy atom. The van der Waals surface area contributed by atoms with E-state index in [1.165, 1.54) is 31.7 Å². The first-order valence-electron chi connectivity index (χ1n) is 11.2. The van der Waals surface area contributed by atoms with E-state index in [4.69, 9.17) is 18.9 Å². The first-order valence-corrected chi connectivity index (χ1v) is 11.2. The molecule has 0 radical (unpaired) electrons.